The Bertz CT molecular complexity index is 1680. The third-order valence-electron chi connectivity index (χ3n) is 6.81. The Balaban J connectivity index is 1.74. The second kappa shape index (κ2) is 11.8. The molecular formula is C28H27ClF2N4O5S. The summed E-state index contributed by atoms with van der Waals surface area (Å²) in [6, 6.07) is 6.84. The van der Waals surface area contributed by atoms with Gasteiger partial charge in [0, 0.05) is 35.8 Å². The standard InChI is InChI=1S/C28H27ClF2N4O5S/c1-5-10-32-25(16-7-6-8-19(24(16)31)41(4)40)18(30)13-35-14(2)12-17(23(29)27(35)36)21-15(3)22(21)26-33-11-9-20(34-26)28(37,38)39/h5-13,15,21-22,37-39H,1-4H3/b10-5+,18-13-,32-25+. The first-order chi connectivity index (χ1) is 19.3. The molecule has 4 unspecified atom stereocenters. The fourth-order valence-electron chi connectivity index (χ4n) is 4.71. The van der Waals surface area contributed by atoms with Crippen molar-refractivity contribution < 1.29 is 28.3 Å². The summed E-state index contributed by atoms with van der Waals surface area (Å²) in [5, 5.41) is 28.2. The molecule has 1 aromatic carbocycles. The molecule has 0 saturated heterocycles. The Hall–Kier alpha value is -3.42. The SMILES string of the molecule is C/C=C/N=C(/C(F)=C/n1c(C)cc(C2C(C)C2c2nccc(C(O)(O)O)n2)c(Cl)c1=O)c1cccc(S(C)=O)c1F. The third-order valence-corrected chi connectivity index (χ3v) is 8.12. The van der Waals surface area contributed by atoms with E-state index in [0.717, 1.165) is 16.8 Å². The van der Waals surface area contributed by atoms with Crippen molar-refractivity contribution in [2.24, 2.45) is 10.9 Å². The lowest BCUT2D eigenvalue weighted by atomic mass is 10.1. The van der Waals surface area contributed by atoms with Crippen molar-refractivity contribution >= 4 is 34.3 Å². The quantitative estimate of drug-likeness (QED) is 0.262. The Labute approximate surface area is 241 Å². The molecule has 1 saturated carbocycles. The van der Waals surface area contributed by atoms with Gasteiger partial charge in [0.2, 0.25) is 0 Å². The van der Waals surface area contributed by atoms with Crippen LogP contribution in [-0.4, -0.2) is 46.0 Å². The van der Waals surface area contributed by atoms with E-state index >= 15 is 8.78 Å². The van der Waals surface area contributed by atoms with Crippen molar-refractivity contribution in [1.82, 2.24) is 14.5 Å². The first-order valence-corrected chi connectivity index (χ1v) is 14.3. The van der Waals surface area contributed by atoms with Crippen LogP contribution in [0.5, 0.6) is 0 Å². The second-order valence-electron chi connectivity index (χ2n) is 9.59. The number of benzene rings is 1. The van der Waals surface area contributed by atoms with Crippen molar-refractivity contribution in [2.45, 2.75) is 43.5 Å². The van der Waals surface area contributed by atoms with E-state index in [9.17, 15) is 24.3 Å². The number of pyridine rings is 1. The molecule has 4 rings (SSSR count). The van der Waals surface area contributed by atoms with Crippen molar-refractivity contribution in [3.8, 4) is 0 Å². The van der Waals surface area contributed by atoms with Crippen LogP contribution in [0.2, 0.25) is 5.02 Å². The first kappa shape index (κ1) is 30.5. The zero-order valence-electron chi connectivity index (χ0n) is 22.4. The number of hydrogen-bond donors (Lipinski definition) is 3. The van der Waals surface area contributed by atoms with E-state index in [1.165, 1.54) is 42.9 Å². The summed E-state index contributed by atoms with van der Waals surface area (Å²) in [5.41, 5.74) is -0.958. The van der Waals surface area contributed by atoms with Gasteiger partial charge in [-0.25, -0.2) is 18.7 Å². The lowest BCUT2D eigenvalue weighted by molar-refractivity contribution is -0.326. The second-order valence-corrected chi connectivity index (χ2v) is 11.3. The fourth-order valence-corrected chi connectivity index (χ4v) is 5.61. The molecule has 13 heteroatoms. The molecule has 0 spiro atoms. The van der Waals surface area contributed by atoms with Crippen LogP contribution in [0.3, 0.4) is 0 Å². The van der Waals surface area contributed by atoms with Gasteiger partial charge < -0.3 is 15.3 Å². The first-order valence-electron chi connectivity index (χ1n) is 12.4. The molecule has 1 aliphatic carbocycles. The highest BCUT2D eigenvalue weighted by Gasteiger charge is 2.52. The Morgan fingerprint density at radius 2 is 1.95 bits per heavy atom. The third kappa shape index (κ3) is 6.11. The van der Waals surface area contributed by atoms with Gasteiger partial charge in [-0.3, -0.25) is 18.6 Å². The Morgan fingerprint density at radius 3 is 2.59 bits per heavy atom. The molecule has 4 atom stereocenters. The predicted octanol–water partition coefficient (Wildman–Crippen LogP) is 3.87. The Kier molecular flexibility index (Phi) is 8.81. The molecule has 0 radical (unpaired) electrons. The molecule has 1 aliphatic rings. The minimum atomic E-state index is -3.14. The van der Waals surface area contributed by atoms with E-state index in [4.69, 9.17) is 11.6 Å². The van der Waals surface area contributed by atoms with Gasteiger partial charge in [-0.1, -0.05) is 30.7 Å². The smallest absolute Gasteiger partial charge is 0.322 e. The summed E-state index contributed by atoms with van der Waals surface area (Å²) < 4.78 is 43.8. The molecule has 2 heterocycles. The summed E-state index contributed by atoms with van der Waals surface area (Å²) in [7, 11) is -1.67. The number of halogens is 3. The molecule has 0 amide bonds. The van der Waals surface area contributed by atoms with E-state index in [1.807, 2.05) is 6.92 Å². The normalized spacial score (nSPS) is 20.5. The van der Waals surface area contributed by atoms with Gasteiger partial charge in [0.25, 0.3) is 5.56 Å². The molecule has 9 nitrogen and oxygen atoms in total. The average Bonchev–Trinajstić information content (AvgIpc) is 3.59. The maximum Gasteiger partial charge on any atom is 0.322 e. The zero-order valence-corrected chi connectivity index (χ0v) is 24.0. The van der Waals surface area contributed by atoms with Gasteiger partial charge in [-0.2, -0.15) is 0 Å². The van der Waals surface area contributed by atoms with Crippen LogP contribution in [0.1, 0.15) is 54.0 Å². The Morgan fingerprint density at radius 1 is 1.24 bits per heavy atom. The molecule has 3 N–H and O–H groups in total. The average molecular weight is 605 g/mol. The monoisotopic (exact) mass is 604 g/mol. The summed E-state index contributed by atoms with van der Waals surface area (Å²) in [6.07, 6.45) is 6.23. The lowest BCUT2D eigenvalue weighted by Crippen LogP contribution is -2.26. The van der Waals surface area contributed by atoms with Crippen molar-refractivity contribution in [2.75, 3.05) is 6.26 Å². The highest BCUT2D eigenvalue weighted by molar-refractivity contribution is 7.84. The van der Waals surface area contributed by atoms with Gasteiger partial charge in [0.15, 0.2) is 5.83 Å². The minimum absolute atomic E-state index is 0.0888. The predicted molar refractivity (Wildman–Crippen MR) is 151 cm³/mol. The highest BCUT2D eigenvalue weighted by Crippen LogP contribution is 2.60. The van der Waals surface area contributed by atoms with E-state index in [-0.39, 0.29) is 39.1 Å². The van der Waals surface area contributed by atoms with E-state index < -0.39 is 45.4 Å². The number of aromatic nitrogens is 3. The van der Waals surface area contributed by atoms with Crippen molar-refractivity contribution in [3.05, 3.63) is 104 Å². The van der Waals surface area contributed by atoms with Crippen LogP contribution >= 0.6 is 11.6 Å². The maximum absolute atomic E-state index is 15.7. The maximum atomic E-state index is 15.7. The zero-order chi connectivity index (χ0) is 30.2. The number of nitrogens with zero attached hydrogens (tertiary/aromatic N) is 4. The molecule has 216 valence electrons. The van der Waals surface area contributed by atoms with Crippen molar-refractivity contribution in [1.29, 1.82) is 0 Å². The number of hydrogen-bond acceptors (Lipinski definition) is 8. The summed E-state index contributed by atoms with van der Waals surface area (Å²) in [6.45, 7) is 5.10. The largest absolute Gasteiger partial charge is 0.338 e. The minimum Gasteiger partial charge on any atom is -0.338 e. The van der Waals surface area contributed by atoms with Crippen LogP contribution in [-0.2, 0) is 16.8 Å². The molecule has 0 bridgehead atoms. The fraction of sp³-hybridized carbons (Fsp3) is 0.286. The lowest BCUT2D eigenvalue weighted by Gasteiger charge is -2.14. The van der Waals surface area contributed by atoms with Crippen molar-refractivity contribution in [3.63, 3.8) is 0 Å². The van der Waals surface area contributed by atoms with Crippen LogP contribution < -0.4 is 5.56 Å². The summed E-state index contributed by atoms with van der Waals surface area (Å²) in [5.74, 6) is -5.56. The molecule has 0 aliphatic heterocycles. The van der Waals surface area contributed by atoms with Gasteiger partial charge in [0.1, 0.15) is 28.1 Å². The van der Waals surface area contributed by atoms with E-state index in [0.29, 0.717) is 11.3 Å². The highest BCUT2D eigenvalue weighted by atomic mass is 35.5. The van der Waals surface area contributed by atoms with Gasteiger partial charge in [0.05, 0.1) is 21.9 Å². The van der Waals surface area contributed by atoms with Crippen LogP contribution in [0, 0.1) is 18.7 Å². The number of rotatable bonds is 8. The number of aliphatic hydroxyl groups is 3. The van der Waals surface area contributed by atoms with Crippen LogP contribution in [0.25, 0.3) is 6.20 Å². The molecule has 41 heavy (non-hydrogen) atoms. The number of aliphatic imine (C=N–C) groups is 1. The number of aryl methyl sites for hydroxylation is 1. The molecule has 3 aromatic rings. The molecule has 1 fully saturated rings. The summed E-state index contributed by atoms with van der Waals surface area (Å²) >= 11 is 6.49. The van der Waals surface area contributed by atoms with Gasteiger partial charge in [-0.05, 0) is 55.5 Å². The molecule has 2 aromatic heterocycles. The van der Waals surface area contributed by atoms with Gasteiger partial charge in [-0.15, -0.1) is 0 Å². The van der Waals surface area contributed by atoms with Crippen LogP contribution in [0.15, 0.2) is 69.3 Å². The van der Waals surface area contributed by atoms with E-state index in [1.54, 1.807) is 19.9 Å². The van der Waals surface area contributed by atoms with Crippen LogP contribution in [0.4, 0.5) is 8.78 Å². The van der Waals surface area contributed by atoms with E-state index in [2.05, 4.69) is 15.0 Å². The summed E-state index contributed by atoms with van der Waals surface area (Å²) in [4.78, 5) is 25.4. The topological polar surface area (TPSA) is 138 Å². The molecular weight excluding hydrogens is 578 g/mol. The van der Waals surface area contributed by atoms with Gasteiger partial charge >= 0.3 is 5.97 Å². The number of allylic oxidation sites excluding steroid dienone is 2.